The standard InChI is InChI=1S/C15H17NO2/c1-18-14-9-7-13(8-10-14)16-15(11-17)12-5-3-2-4-6-12/h2-10,15-17H,11H2,1H3/t15-/m1/s1. The molecular formula is C15H17NO2. The molecule has 2 aromatic rings. The van der Waals surface area contributed by atoms with Gasteiger partial charge < -0.3 is 15.2 Å². The topological polar surface area (TPSA) is 41.5 Å². The van der Waals surface area contributed by atoms with Gasteiger partial charge in [-0.3, -0.25) is 0 Å². The van der Waals surface area contributed by atoms with Gasteiger partial charge >= 0.3 is 0 Å². The Morgan fingerprint density at radius 3 is 2.28 bits per heavy atom. The van der Waals surface area contributed by atoms with Gasteiger partial charge in [-0.1, -0.05) is 30.3 Å². The molecule has 94 valence electrons. The molecule has 0 aromatic heterocycles. The summed E-state index contributed by atoms with van der Waals surface area (Å²) < 4.78 is 5.11. The smallest absolute Gasteiger partial charge is 0.119 e. The highest BCUT2D eigenvalue weighted by molar-refractivity contribution is 5.48. The molecule has 0 fully saturated rings. The maximum absolute atomic E-state index is 9.45. The maximum Gasteiger partial charge on any atom is 0.119 e. The summed E-state index contributed by atoms with van der Waals surface area (Å²) in [6, 6.07) is 17.4. The summed E-state index contributed by atoms with van der Waals surface area (Å²) in [7, 11) is 1.64. The van der Waals surface area contributed by atoms with Crippen LogP contribution in [0.15, 0.2) is 54.6 Å². The number of nitrogens with one attached hydrogen (secondary N) is 1. The second-order valence-electron chi connectivity index (χ2n) is 4.02. The first-order valence-corrected chi connectivity index (χ1v) is 5.90. The SMILES string of the molecule is COc1ccc(N[C@H](CO)c2ccccc2)cc1. The summed E-state index contributed by atoms with van der Waals surface area (Å²) in [5.41, 5.74) is 2.02. The lowest BCUT2D eigenvalue weighted by atomic mass is 10.1. The van der Waals surface area contributed by atoms with Gasteiger partial charge in [0.25, 0.3) is 0 Å². The third-order valence-electron chi connectivity index (χ3n) is 2.82. The Labute approximate surface area is 107 Å². The van der Waals surface area contributed by atoms with Crippen LogP contribution in [0.5, 0.6) is 5.75 Å². The summed E-state index contributed by atoms with van der Waals surface area (Å²) >= 11 is 0. The second-order valence-corrected chi connectivity index (χ2v) is 4.02. The van der Waals surface area contributed by atoms with Gasteiger partial charge in [0.15, 0.2) is 0 Å². The Balaban J connectivity index is 2.10. The third kappa shape index (κ3) is 3.02. The van der Waals surface area contributed by atoms with Crippen molar-refractivity contribution in [1.82, 2.24) is 0 Å². The van der Waals surface area contributed by atoms with Gasteiger partial charge in [0.1, 0.15) is 5.75 Å². The second kappa shape index (κ2) is 6.07. The number of anilines is 1. The van der Waals surface area contributed by atoms with Crippen LogP contribution in [-0.4, -0.2) is 18.8 Å². The zero-order chi connectivity index (χ0) is 12.8. The Hall–Kier alpha value is -2.00. The van der Waals surface area contributed by atoms with E-state index < -0.39 is 0 Å². The van der Waals surface area contributed by atoms with E-state index in [1.54, 1.807) is 7.11 Å². The number of rotatable bonds is 5. The highest BCUT2D eigenvalue weighted by atomic mass is 16.5. The molecule has 3 heteroatoms. The monoisotopic (exact) mass is 243 g/mol. The molecule has 3 nitrogen and oxygen atoms in total. The van der Waals surface area contributed by atoms with Gasteiger partial charge in [-0.2, -0.15) is 0 Å². The number of hydrogen-bond donors (Lipinski definition) is 2. The minimum Gasteiger partial charge on any atom is -0.497 e. The molecule has 0 saturated heterocycles. The van der Waals surface area contributed by atoms with E-state index in [4.69, 9.17) is 4.74 Å². The average molecular weight is 243 g/mol. The van der Waals surface area contributed by atoms with Crippen LogP contribution in [0.1, 0.15) is 11.6 Å². The Kier molecular flexibility index (Phi) is 4.20. The Morgan fingerprint density at radius 2 is 1.72 bits per heavy atom. The van der Waals surface area contributed by atoms with E-state index in [0.717, 1.165) is 17.0 Å². The third-order valence-corrected chi connectivity index (χ3v) is 2.82. The van der Waals surface area contributed by atoms with Gasteiger partial charge in [-0.15, -0.1) is 0 Å². The van der Waals surface area contributed by atoms with Gasteiger partial charge in [-0.05, 0) is 29.8 Å². The summed E-state index contributed by atoms with van der Waals surface area (Å²) in [5, 5.41) is 12.7. The van der Waals surface area contributed by atoms with Gasteiger partial charge in [0.2, 0.25) is 0 Å². The molecule has 0 saturated carbocycles. The van der Waals surface area contributed by atoms with Crippen LogP contribution in [-0.2, 0) is 0 Å². The summed E-state index contributed by atoms with van der Waals surface area (Å²) in [6.07, 6.45) is 0. The highest BCUT2D eigenvalue weighted by Crippen LogP contribution is 2.21. The van der Waals surface area contributed by atoms with Crippen LogP contribution < -0.4 is 10.1 Å². The average Bonchev–Trinajstić information content (AvgIpc) is 2.46. The Morgan fingerprint density at radius 1 is 1.06 bits per heavy atom. The predicted octanol–water partition coefficient (Wildman–Crippen LogP) is 2.84. The molecule has 1 atom stereocenters. The van der Waals surface area contributed by atoms with Crippen molar-refractivity contribution in [2.45, 2.75) is 6.04 Å². The molecule has 18 heavy (non-hydrogen) atoms. The molecule has 2 rings (SSSR count). The fourth-order valence-corrected chi connectivity index (χ4v) is 1.81. The van der Waals surface area contributed by atoms with E-state index in [0.29, 0.717) is 0 Å². The lowest BCUT2D eigenvalue weighted by molar-refractivity contribution is 0.276. The molecule has 2 aromatic carbocycles. The molecule has 0 aliphatic heterocycles. The van der Waals surface area contributed by atoms with Crippen LogP contribution >= 0.6 is 0 Å². The minimum absolute atomic E-state index is 0.0516. The van der Waals surface area contributed by atoms with Crippen molar-refractivity contribution in [2.75, 3.05) is 19.0 Å². The molecule has 0 heterocycles. The lowest BCUT2D eigenvalue weighted by Gasteiger charge is -2.18. The van der Waals surface area contributed by atoms with Crippen LogP contribution in [0.25, 0.3) is 0 Å². The number of hydrogen-bond acceptors (Lipinski definition) is 3. The van der Waals surface area contributed by atoms with Crippen molar-refractivity contribution in [3.63, 3.8) is 0 Å². The van der Waals surface area contributed by atoms with Crippen molar-refractivity contribution in [3.05, 3.63) is 60.2 Å². The number of ether oxygens (including phenoxy) is 1. The molecule has 0 bridgehead atoms. The van der Waals surface area contributed by atoms with Crippen LogP contribution in [0.4, 0.5) is 5.69 Å². The predicted molar refractivity (Wildman–Crippen MR) is 72.9 cm³/mol. The molecule has 0 unspecified atom stereocenters. The largest absolute Gasteiger partial charge is 0.497 e. The zero-order valence-electron chi connectivity index (χ0n) is 10.3. The quantitative estimate of drug-likeness (QED) is 0.848. The van der Waals surface area contributed by atoms with E-state index in [-0.39, 0.29) is 12.6 Å². The minimum atomic E-state index is -0.0976. The lowest BCUT2D eigenvalue weighted by Crippen LogP contribution is -2.14. The van der Waals surface area contributed by atoms with Crippen molar-refractivity contribution < 1.29 is 9.84 Å². The van der Waals surface area contributed by atoms with Crippen molar-refractivity contribution in [3.8, 4) is 5.75 Å². The van der Waals surface area contributed by atoms with E-state index >= 15 is 0 Å². The molecule has 0 aliphatic rings. The number of benzene rings is 2. The van der Waals surface area contributed by atoms with E-state index in [9.17, 15) is 5.11 Å². The Bertz CT molecular complexity index is 468. The van der Waals surface area contributed by atoms with Crippen LogP contribution in [0.2, 0.25) is 0 Å². The first-order chi connectivity index (χ1) is 8.83. The fraction of sp³-hybridized carbons (Fsp3) is 0.200. The normalized spacial score (nSPS) is 11.9. The first kappa shape index (κ1) is 12.5. The van der Waals surface area contributed by atoms with Crippen LogP contribution in [0.3, 0.4) is 0 Å². The van der Waals surface area contributed by atoms with Crippen molar-refractivity contribution in [2.24, 2.45) is 0 Å². The van der Waals surface area contributed by atoms with Gasteiger partial charge in [0, 0.05) is 5.69 Å². The number of methoxy groups -OCH3 is 1. The highest BCUT2D eigenvalue weighted by Gasteiger charge is 2.09. The van der Waals surface area contributed by atoms with Crippen molar-refractivity contribution >= 4 is 5.69 Å². The number of aliphatic hydroxyl groups excluding tert-OH is 1. The van der Waals surface area contributed by atoms with Crippen molar-refractivity contribution in [1.29, 1.82) is 0 Å². The zero-order valence-corrected chi connectivity index (χ0v) is 10.3. The molecule has 0 amide bonds. The summed E-state index contributed by atoms with van der Waals surface area (Å²) in [6.45, 7) is 0.0516. The molecule has 0 spiro atoms. The van der Waals surface area contributed by atoms with E-state index in [1.807, 2.05) is 54.6 Å². The van der Waals surface area contributed by atoms with Gasteiger partial charge in [0.05, 0.1) is 19.8 Å². The molecular weight excluding hydrogens is 226 g/mol. The first-order valence-electron chi connectivity index (χ1n) is 5.90. The van der Waals surface area contributed by atoms with Gasteiger partial charge in [-0.25, -0.2) is 0 Å². The molecule has 2 N–H and O–H groups in total. The van der Waals surface area contributed by atoms with E-state index in [2.05, 4.69) is 5.32 Å². The fourth-order valence-electron chi connectivity index (χ4n) is 1.81. The van der Waals surface area contributed by atoms with E-state index in [1.165, 1.54) is 0 Å². The molecule has 0 aliphatic carbocycles. The number of aliphatic hydroxyl groups is 1. The maximum atomic E-state index is 9.45. The van der Waals surface area contributed by atoms with Crippen LogP contribution in [0, 0.1) is 0 Å². The summed E-state index contributed by atoms with van der Waals surface area (Å²) in [4.78, 5) is 0. The summed E-state index contributed by atoms with van der Waals surface area (Å²) in [5.74, 6) is 0.820. The molecule has 0 radical (unpaired) electrons.